The van der Waals surface area contributed by atoms with Crippen LogP contribution in [0.5, 0.6) is 11.6 Å². The van der Waals surface area contributed by atoms with Gasteiger partial charge in [-0.15, -0.1) is 0 Å². The van der Waals surface area contributed by atoms with Crippen molar-refractivity contribution in [2.24, 2.45) is 5.92 Å². The molecule has 166 valence electrons. The number of aliphatic hydroxyl groups is 1. The topological polar surface area (TPSA) is 83.9 Å². The molecular formula is C24H31N3O4. The van der Waals surface area contributed by atoms with Crippen molar-refractivity contribution in [2.75, 3.05) is 26.2 Å². The Bertz CT molecular complexity index is 886. The Hall–Kier alpha value is -2.64. The number of pyridine rings is 1. The van der Waals surface area contributed by atoms with Gasteiger partial charge < -0.3 is 19.9 Å². The maximum Gasteiger partial charge on any atom is 0.257 e. The number of hydrogen-bond donors (Lipinski definition) is 2. The lowest BCUT2D eigenvalue weighted by Crippen LogP contribution is -2.45. The summed E-state index contributed by atoms with van der Waals surface area (Å²) in [6.07, 6.45) is 3.65. The number of carbonyl (C=O) groups is 1. The van der Waals surface area contributed by atoms with Crippen LogP contribution in [0.3, 0.4) is 0 Å². The van der Waals surface area contributed by atoms with Gasteiger partial charge >= 0.3 is 0 Å². The molecule has 1 amide bonds. The quantitative estimate of drug-likeness (QED) is 0.740. The second kappa shape index (κ2) is 9.24. The summed E-state index contributed by atoms with van der Waals surface area (Å²) in [5, 5.41) is 12.6. The van der Waals surface area contributed by atoms with E-state index in [9.17, 15) is 9.90 Å². The van der Waals surface area contributed by atoms with Gasteiger partial charge in [0.15, 0.2) is 11.9 Å². The van der Waals surface area contributed by atoms with Crippen molar-refractivity contribution in [3.63, 3.8) is 0 Å². The van der Waals surface area contributed by atoms with E-state index in [2.05, 4.69) is 39.5 Å². The Labute approximate surface area is 183 Å². The number of aromatic nitrogens is 1. The first-order valence-corrected chi connectivity index (χ1v) is 10.9. The van der Waals surface area contributed by atoms with Crippen LogP contribution < -0.4 is 14.8 Å². The maximum atomic E-state index is 11.8. The van der Waals surface area contributed by atoms with Crippen LogP contribution in [0.2, 0.25) is 0 Å². The third-order valence-corrected chi connectivity index (χ3v) is 5.95. The molecule has 7 heteroatoms. The van der Waals surface area contributed by atoms with Gasteiger partial charge in [0, 0.05) is 19.3 Å². The van der Waals surface area contributed by atoms with Crippen LogP contribution in [0.15, 0.2) is 42.6 Å². The molecule has 0 unspecified atom stereocenters. The van der Waals surface area contributed by atoms with Crippen LogP contribution in [0.1, 0.15) is 43.9 Å². The SMILES string of the molecule is CC(C)(O)C(=O)NCC1CCN(Cc2ccc([C@H]3COc4cccnc4O3)cc2)CC1. The molecule has 0 spiro atoms. The van der Waals surface area contributed by atoms with Gasteiger partial charge in [-0.05, 0) is 69.0 Å². The smallest absolute Gasteiger partial charge is 0.257 e. The lowest BCUT2D eigenvalue weighted by molar-refractivity contribution is -0.136. The average Bonchev–Trinajstić information content (AvgIpc) is 2.78. The number of likely N-dealkylation sites (tertiary alicyclic amines) is 1. The number of ether oxygens (including phenoxy) is 2. The predicted molar refractivity (Wildman–Crippen MR) is 117 cm³/mol. The summed E-state index contributed by atoms with van der Waals surface area (Å²) in [6.45, 7) is 7.07. The van der Waals surface area contributed by atoms with E-state index in [-0.39, 0.29) is 12.0 Å². The molecule has 0 saturated carbocycles. The second-order valence-electron chi connectivity index (χ2n) is 8.95. The van der Waals surface area contributed by atoms with Crippen molar-refractivity contribution in [3.8, 4) is 11.6 Å². The lowest BCUT2D eigenvalue weighted by Gasteiger charge is -2.32. The molecule has 4 rings (SSSR count). The Morgan fingerprint density at radius 2 is 1.97 bits per heavy atom. The minimum Gasteiger partial charge on any atom is -0.484 e. The Morgan fingerprint density at radius 1 is 1.23 bits per heavy atom. The van der Waals surface area contributed by atoms with Crippen molar-refractivity contribution in [2.45, 2.75) is 44.9 Å². The predicted octanol–water partition coefficient (Wildman–Crippen LogP) is 2.69. The number of rotatable bonds is 6. The molecule has 2 aliphatic heterocycles. The van der Waals surface area contributed by atoms with Gasteiger partial charge in [-0.3, -0.25) is 9.69 Å². The summed E-state index contributed by atoms with van der Waals surface area (Å²) >= 11 is 0. The van der Waals surface area contributed by atoms with Crippen LogP contribution >= 0.6 is 0 Å². The van der Waals surface area contributed by atoms with E-state index < -0.39 is 5.60 Å². The molecule has 1 atom stereocenters. The van der Waals surface area contributed by atoms with E-state index in [1.54, 1.807) is 6.20 Å². The molecule has 0 aliphatic carbocycles. The fourth-order valence-electron chi connectivity index (χ4n) is 3.97. The zero-order valence-corrected chi connectivity index (χ0v) is 18.2. The number of nitrogens with zero attached hydrogens (tertiary/aromatic N) is 2. The van der Waals surface area contributed by atoms with Crippen LogP contribution in [0.25, 0.3) is 0 Å². The molecule has 2 aromatic rings. The van der Waals surface area contributed by atoms with E-state index in [0.29, 0.717) is 30.7 Å². The van der Waals surface area contributed by atoms with E-state index >= 15 is 0 Å². The van der Waals surface area contributed by atoms with E-state index in [1.165, 1.54) is 19.4 Å². The second-order valence-corrected chi connectivity index (χ2v) is 8.95. The molecule has 31 heavy (non-hydrogen) atoms. The average molecular weight is 426 g/mol. The highest BCUT2D eigenvalue weighted by Crippen LogP contribution is 2.34. The summed E-state index contributed by atoms with van der Waals surface area (Å²) in [6, 6.07) is 12.2. The summed E-state index contributed by atoms with van der Waals surface area (Å²) in [5.41, 5.74) is 1.04. The highest BCUT2D eigenvalue weighted by Gasteiger charge is 2.26. The van der Waals surface area contributed by atoms with E-state index in [4.69, 9.17) is 9.47 Å². The Kier molecular flexibility index (Phi) is 6.43. The number of nitrogens with one attached hydrogen (secondary N) is 1. The van der Waals surface area contributed by atoms with Crippen molar-refractivity contribution in [1.29, 1.82) is 0 Å². The maximum absolute atomic E-state index is 11.8. The van der Waals surface area contributed by atoms with Gasteiger partial charge in [-0.25, -0.2) is 4.98 Å². The summed E-state index contributed by atoms with van der Waals surface area (Å²) < 4.78 is 11.8. The van der Waals surface area contributed by atoms with Crippen molar-refractivity contribution >= 4 is 5.91 Å². The first-order chi connectivity index (χ1) is 14.9. The van der Waals surface area contributed by atoms with Crippen molar-refractivity contribution in [3.05, 3.63) is 53.7 Å². The molecular weight excluding hydrogens is 394 g/mol. The number of fused-ring (bicyclic) bond motifs is 1. The van der Waals surface area contributed by atoms with Crippen LogP contribution in [-0.4, -0.2) is 52.7 Å². The number of amides is 1. The van der Waals surface area contributed by atoms with E-state index in [0.717, 1.165) is 38.0 Å². The highest BCUT2D eigenvalue weighted by molar-refractivity contribution is 5.83. The van der Waals surface area contributed by atoms with Crippen molar-refractivity contribution in [1.82, 2.24) is 15.2 Å². The van der Waals surface area contributed by atoms with Crippen LogP contribution in [-0.2, 0) is 11.3 Å². The number of hydrogen-bond acceptors (Lipinski definition) is 6. The Balaban J connectivity index is 1.24. The molecule has 7 nitrogen and oxygen atoms in total. The normalized spacial score (nSPS) is 19.8. The minimum absolute atomic E-state index is 0.147. The zero-order valence-electron chi connectivity index (χ0n) is 18.2. The standard InChI is InChI=1S/C24H31N3O4/c1-24(2,29)23(28)26-14-17-9-12-27(13-10-17)15-18-5-7-19(8-6-18)21-16-30-20-4-3-11-25-22(20)31-21/h3-8,11,17,21,29H,9-10,12-16H2,1-2H3,(H,26,28)/t21-/m1/s1. The minimum atomic E-state index is -1.32. The molecule has 0 radical (unpaired) electrons. The van der Waals surface area contributed by atoms with Gasteiger partial charge in [0.25, 0.3) is 11.8 Å². The molecule has 2 N–H and O–H groups in total. The monoisotopic (exact) mass is 425 g/mol. The molecule has 1 aromatic heterocycles. The van der Waals surface area contributed by atoms with Crippen LogP contribution in [0.4, 0.5) is 0 Å². The largest absolute Gasteiger partial charge is 0.484 e. The van der Waals surface area contributed by atoms with Gasteiger partial charge in [-0.2, -0.15) is 0 Å². The fraction of sp³-hybridized carbons (Fsp3) is 0.500. The summed E-state index contributed by atoms with van der Waals surface area (Å²) in [7, 11) is 0. The molecule has 1 fully saturated rings. The molecule has 1 aromatic carbocycles. The van der Waals surface area contributed by atoms with Gasteiger partial charge in [-0.1, -0.05) is 24.3 Å². The molecule has 0 bridgehead atoms. The highest BCUT2D eigenvalue weighted by atomic mass is 16.6. The van der Waals surface area contributed by atoms with Gasteiger partial charge in [0.1, 0.15) is 12.2 Å². The fourth-order valence-corrected chi connectivity index (χ4v) is 3.97. The van der Waals surface area contributed by atoms with Crippen molar-refractivity contribution < 1.29 is 19.4 Å². The lowest BCUT2D eigenvalue weighted by atomic mass is 9.96. The first-order valence-electron chi connectivity index (χ1n) is 10.9. The van der Waals surface area contributed by atoms with Gasteiger partial charge in [0.05, 0.1) is 0 Å². The summed E-state index contributed by atoms with van der Waals surface area (Å²) in [5.74, 6) is 1.40. The Morgan fingerprint density at radius 3 is 2.68 bits per heavy atom. The first kappa shape index (κ1) is 21.6. The molecule has 1 saturated heterocycles. The number of carbonyl (C=O) groups excluding carboxylic acids is 1. The number of piperidine rings is 1. The third kappa shape index (κ3) is 5.54. The van der Waals surface area contributed by atoms with Crippen LogP contribution in [0, 0.1) is 5.92 Å². The third-order valence-electron chi connectivity index (χ3n) is 5.95. The zero-order chi connectivity index (χ0) is 21.8. The van der Waals surface area contributed by atoms with E-state index in [1.807, 2.05) is 12.1 Å². The molecule has 3 heterocycles. The molecule has 2 aliphatic rings. The summed E-state index contributed by atoms with van der Waals surface area (Å²) in [4.78, 5) is 18.5. The van der Waals surface area contributed by atoms with Gasteiger partial charge in [0.2, 0.25) is 0 Å². The number of benzene rings is 1.